The molecule has 1 aromatic carbocycles. The van der Waals surface area contributed by atoms with E-state index in [0.29, 0.717) is 33.6 Å². The quantitative estimate of drug-likeness (QED) is 0.364. The van der Waals surface area contributed by atoms with E-state index < -0.39 is 0 Å². The maximum absolute atomic E-state index is 9.15. The van der Waals surface area contributed by atoms with Gasteiger partial charge in [0, 0.05) is 36.4 Å². The molecule has 156 valence electrons. The third-order valence-corrected chi connectivity index (χ3v) is 5.54. The highest BCUT2D eigenvalue weighted by Gasteiger charge is 2.19. The first-order chi connectivity index (χ1) is 15.6. The second-order valence-corrected chi connectivity index (χ2v) is 7.53. The van der Waals surface area contributed by atoms with Crippen molar-refractivity contribution in [3.8, 4) is 29.5 Å². The van der Waals surface area contributed by atoms with Gasteiger partial charge in [0.15, 0.2) is 0 Å². The van der Waals surface area contributed by atoms with Gasteiger partial charge in [-0.2, -0.15) is 15.2 Å². The second-order valence-electron chi connectivity index (χ2n) is 6.74. The zero-order valence-corrected chi connectivity index (χ0v) is 18.3. The van der Waals surface area contributed by atoms with Crippen LogP contribution in [0.4, 0.5) is 0 Å². The summed E-state index contributed by atoms with van der Waals surface area (Å²) in [6.45, 7) is 2.03. The molecule has 0 radical (unpaired) electrons. The topological polar surface area (TPSA) is 122 Å². The molecular weight excluding hydrogens is 474 g/mol. The number of pyridine rings is 1. The van der Waals surface area contributed by atoms with Crippen LogP contribution in [-0.4, -0.2) is 29.9 Å². The lowest BCUT2D eigenvalue weighted by atomic mass is 10.3. The summed E-state index contributed by atoms with van der Waals surface area (Å²) in [7, 11) is 0. The molecule has 0 aliphatic rings. The number of hydrogen-bond donors (Lipinski definition) is 1. The van der Waals surface area contributed by atoms with E-state index >= 15 is 0 Å². The Hall–Kier alpha value is -4.10. The predicted molar refractivity (Wildman–Crippen MR) is 120 cm³/mol. The Bertz CT molecular complexity index is 1510. The molecule has 0 spiro atoms. The second kappa shape index (κ2) is 8.20. The smallest absolute Gasteiger partial charge is 0.327 e. The minimum atomic E-state index is 0.0940. The maximum atomic E-state index is 9.15. The van der Waals surface area contributed by atoms with Crippen molar-refractivity contribution in [3.05, 3.63) is 64.8 Å². The maximum Gasteiger partial charge on any atom is 0.327 e. The average molecular weight is 488 g/mol. The Morgan fingerprint density at radius 1 is 1.03 bits per heavy atom. The summed E-state index contributed by atoms with van der Waals surface area (Å²) >= 11 is 3.61. The Morgan fingerprint density at radius 2 is 1.88 bits per heavy atom. The van der Waals surface area contributed by atoms with E-state index in [1.165, 1.54) is 12.4 Å². The van der Waals surface area contributed by atoms with Crippen molar-refractivity contribution in [1.82, 2.24) is 29.9 Å². The van der Waals surface area contributed by atoms with Crippen LogP contribution in [0, 0.1) is 11.3 Å². The molecule has 0 atom stereocenters. The lowest BCUT2D eigenvalue weighted by Gasteiger charge is -2.09. The number of aromatic amines is 1. The number of benzene rings is 1. The number of halogens is 1. The van der Waals surface area contributed by atoms with Crippen LogP contribution in [0.3, 0.4) is 0 Å². The highest BCUT2D eigenvalue weighted by molar-refractivity contribution is 9.10. The van der Waals surface area contributed by atoms with Crippen LogP contribution in [0.5, 0.6) is 23.4 Å². The molecule has 5 rings (SSSR count). The summed E-state index contributed by atoms with van der Waals surface area (Å²) in [6.07, 6.45) is 6.97. The van der Waals surface area contributed by atoms with Gasteiger partial charge in [0.05, 0.1) is 32.7 Å². The van der Waals surface area contributed by atoms with Crippen molar-refractivity contribution < 1.29 is 9.47 Å². The zero-order chi connectivity index (χ0) is 22.1. The number of rotatable bonds is 5. The van der Waals surface area contributed by atoms with Gasteiger partial charge >= 0.3 is 6.01 Å². The highest BCUT2D eigenvalue weighted by atomic mass is 79.9. The molecule has 0 bridgehead atoms. The molecule has 32 heavy (non-hydrogen) atoms. The van der Waals surface area contributed by atoms with Crippen LogP contribution < -0.4 is 9.47 Å². The minimum absolute atomic E-state index is 0.0940. The SMILES string of the molecule is CCc1[nH]c2nc(Oc3ccc4nccnc4c3)nc(Oc3cncc(C#N)c3)c2c1Br. The lowest BCUT2D eigenvalue weighted by molar-refractivity contribution is 0.416. The van der Waals surface area contributed by atoms with Crippen LogP contribution in [0.2, 0.25) is 0 Å². The first-order valence-corrected chi connectivity index (χ1v) is 10.4. The van der Waals surface area contributed by atoms with Gasteiger partial charge < -0.3 is 14.5 Å². The van der Waals surface area contributed by atoms with Crippen LogP contribution in [0.1, 0.15) is 18.2 Å². The molecule has 0 aliphatic carbocycles. The van der Waals surface area contributed by atoms with Gasteiger partial charge in [-0.3, -0.25) is 15.0 Å². The van der Waals surface area contributed by atoms with Gasteiger partial charge in [0.1, 0.15) is 23.2 Å². The number of nitrogens with zero attached hydrogens (tertiary/aromatic N) is 6. The Balaban J connectivity index is 1.59. The van der Waals surface area contributed by atoms with Crippen molar-refractivity contribution in [3.63, 3.8) is 0 Å². The molecule has 4 aromatic heterocycles. The number of H-pyrrole nitrogens is 1. The molecule has 4 heterocycles. The van der Waals surface area contributed by atoms with Gasteiger partial charge in [-0.15, -0.1) is 0 Å². The Morgan fingerprint density at radius 3 is 2.69 bits per heavy atom. The van der Waals surface area contributed by atoms with Crippen molar-refractivity contribution in [2.45, 2.75) is 13.3 Å². The number of aromatic nitrogens is 6. The normalized spacial score (nSPS) is 10.9. The fraction of sp³-hybridized carbons (Fsp3) is 0.0909. The van der Waals surface area contributed by atoms with Gasteiger partial charge in [-0.25, -0.2) is 0 Å². The average Bonchev–Trinajstić information content (AvgIpc) is 3.14. The van der Waals surface area contributed by atoms with E-state index in [1.807, 2.05) is 19.1 Å². The highest BCUT2D eigenvalue weighted by Crippen LogP contribution is 2.37. The first-order valence-electron chi connectivity index (χ1n) is 9.64. The summed E-state index contributed by atoms with van der Waals surface area (Å²) in [4.78, 5) is 24.9. The van der Waals surface area contributed by atoms with Gasteiger partial charge in [-0.05, 0) is 34.5 Å². The van der Waals surface area contributed by atoms with Crippen LogP contribution in [0.15, 0.2) is 53.5 Å². The van der Waals surface area contributed by atoms with E-state index in [9.17, 15) is 0 Å². The number of fused-ring (bicyclic) bond motifs is 2. The minimum Gasteiger partial charge on any atom is -0.436 e. The van der Waals surface area contributed by atoms with E-state index in [0.717, 1.165) is 22.1 Å². The molecular formula is C22H14BrN7O2. The fourth-order valence-corrected chi connectivity index (χ4v) is 3.92. The van der Waals surface area contributed by atoms with Crippen LogP contribution in [0.25, 0.3) is 22.1 Å². The summed E-state index contributed by atoms with van der Waals surface area (Å²) in [5.74, 6) is 1.16. The zero-order valence-electron chi connectivity index (χ0n) is 16.7. The third kappa shape index (κ3) is 3.70. The molecule has 0 fully saturated rings. The van der Waals surface area contributed by atoms with Crippen LogP contribution in [-0.2, 0) is 6.42 Å². The molecule has 0 aliphatic heterocycles. The number of nitrogens with one attached hydrogen (secondary N) is 1. The predicted octanol–water partition coefficient (Wildman–Crippen LogP) is 5.08. The van der Waals surface area contributed by atoms with E-state index in [4.69, 9.17) is 14.7 Å². The summed E-state index contributed by atoms with van der Waals surface area (Å²) in [5.41, 5.74) is 3.33. The van der Waals surface area contributed by atoms with E-state index in [-0.39, 0.29) is 11.9 Å². The summed E-state index contributed by atoms with van der Waals surface area (Å²) < 4.78 is 12.7. The number of nitriles is 1. The van der Waals surface area contributed by atoms with Crippen molar-refractivity contribution in [2.75, 3.05) is 0 Å². The lowest BCUT2D eigenvalue weighted by Crippen LogP contribution is -1.97. The van der Waals surface area contributed by atoms with E-state index in [2.05, 4.69) is 45.8 Å². The fourth-order valence-electron chi connectivity index (χ4n) is 3.18. The molecule has 5 aromatic rings. The number of hydrogen-bond acceptors (Lipinski definition) is 8. The molecule has 10 heteroatoms. The molecule has 0 unspecified atom stereocenters. The molecule has 0 saturated carbocycles. The number of aryl methyl sites for hydroxylation is 1. The van der Waals surface area contributed by atoms with Gasteiger partial charge in [0.2, 0.25) is 5.88 Å². The first kappa shape index (κ1) is 19.8. The molecule has 0 saturated heterocycles. The molecule has 9 nitrogen and oxygen atoms in total. The summed E-state index contributed by atoms with van der Waals surface area (Å²) in [6, 6.07) is 9.08. The molecule has 0 amide bonds. The Kier molecular flexibility index (Phi) is 5.09. The van der Waals surface area contributed by atoms with Gasteiger partial charge in [-0.1, -0.05) is 6.92 Å². The number of ether oxygens (including phenoxy) is 2. The monoisotopic (exact) mass is 487 g/mol. The summed E-state index contributed by atoms with van der Waals surface area (Å²) in [5, 5.41) is 9.82. The van der Waals surface area contributed by atoms with E-state index in [1.54, 1.807) is 30.6 Å². The van der Waals surface area contributed by atoms with Crippen molar-refractivity contribution in [1.29, 1.82) is 5.26 Å². The Labute approximate surface area is 190 Å². The standard InChI is InChI=1S/C22H14BrN7O2/c1-2-15-19(23)18-20(28-15)29-22(30-21(18)31-14-7-12(9-24)10-25-11-14)32-13-3-4-16-17(8-13)27-6-5-26-16/h3-8,10-11H,2H2,1H3,(H,28,29,30). The largest absolute Gasteiger partial charge is 0.436 e. The van der Waals surface area contributed by atoms with Crippen molar-refractivity contribution >= 4 is 38.0 Å². The molecule has 1 N–H and O–H groups in total. The van der Waals surface area contributed by atoms with Gasteiger partial charge in [0.25, 0.3) is 0 Å². The van der Waals surface area contributed by atoms with Crippen LogP contribution >= 0.6 is 15.9 Å². The van der Waals surface area contributed by atoms with Crippen molar-refractivity contribution in [2.24, 2.45) is 0 Å². The third-order valence-electron chi connectivity index (χ3n) is 4.67.